The van der Waals surface area contributed by atoms with Gasteiger partial charge in [-0.05, 0) is 33.1 Å². The Kier molecular flexibility index (Phi) is 4.55. The minimum Gasteiger partial charge on any atom is -0.410 e. The average molecular weight is 181 g/mol. The van der Waals surface area contributed by atoms with Gasteiger partial charge in [-0.2, -0.15) is 0 Å². The third kappa shape index (κ3) is 5.30. The maximum atomic E-state index is 8.71. The van der Waals surface area contributed by atoms with E-state index in [0.717, 1.165) is 6.42 Å². The van der Waals surface area contributed by atoms with Crippen molar-refractivity contribution in [2.75, 3.05) is 0 Å². The Morgan fingerprint density at radius 1 is 1.46 bits per heavy atom. The molecule has 1 atom stereocenters. The minimum absolute atomic E-state index is 0.0383. The molecule has 0 aliphatic heterocycles. The van der Waals surface area contributed by atoms with E-state index < -0.39 is 0 Å². The molecule has 0 rings (SSSR count). The van der Waals surface area contributed by atoms with Gasteiger partial charge in [0.2, 0.25) is 0 Å². The van der Waals surface area contributed by atoms with E-state index in [9.17, 15) is 0 Å². The van der Waals surface area contributed by atoms with Gasteiger partial charge in [-0.3, -0.25) is 0 Å². The molecule has 0 amide bonds. The quantitative estimate of drug-likeness (QED) is 0.302. The fourth-order valence-electron chi connectivity index (χ4n) is 0.692. The molecule has 0 aromatic heterocycles. The Morgan fingerprint density at radius 2 is 2.00 bits per heavy atom. The van der Waals surface area contributed by atoms with E-state index in [1.165, 1.54) is 0 Å². The zero-order valence-corrected chi connectivity index (χ0v) is 9.18. The van der Waals surface area contributed by atoms with Crippen LogP contribution in [-0.2, 0) is 0 Å². The summed E-state index contributed by atoms with van der Waals surface area (Å²) >= 11 is 0. The lowest BCUT2D eigenvalue weighted by Gasteiger charge is -2.08. The normalized spacial score (nSPS) is 14.7. The lowest BCUT2D eigenvalue weighted by atomic mass is 9.96. The van der Waals surface area contributed by atoms with Crippen LogP contribution in [0.25, 0.3) is 0 Å². The standard InChI is InChI=1S/C11H19NO/c1-6-9(2)10(12-13)7-8-11(3,4)5/h9,13H,6H2,1-5H3/b12-10-. The molecular formula is C11H19NO. The number of hydrogen-bond acceptors (Lipinski definition) is 2. The Morgan fingerprint density at radius 3 is 2.31 bits per heavy atom. The molecule has 0 saturated heterocycles. The molecule has 0 radical (unpaired) electrons. The number of hydrogen-bond donors (Lipinski definition) is 1. The van der Waals surface area contributed by atoms with E-state index in [0.29, 0.717) is 5.71 Å². The van der Waals surface area contributed by atoms with Crippen LogP contribution in [0.2, 0.25) is 0 Å². The fourth-order valence-corrected chi connectivity index (χ4v) is 0.692. The maximum absolute atomic E-state index is 8.71. The van der Waals surface area contributed by atoms with Gasteiger partial charge >= 0.3 is 0 Å². The third-order valence-electron chi connectivity index (χ3n) is 1.75. The molecule has 0 spiro atoms. The molecule has 13 heavy (non-hydrogen) atoms. The molecule has 2 heteroatoms. The smallest absolute Gasteiger partial charge is 0.132 e. The third-order valence-corrected chi connectivity index (χ3v) is 1.75. The predicted octanol–water partition coefficient (Wildman–Crippen LogP) is 2.91. The molecule has 0 aliphatic carbocycles. The largest absolute Gasteiger partial charge is 0.410 e. The summed E-state index contributed by atoms with van der Waals surface area (Å²) in [6.45, 7) is 10.2. The lowest BCUT2D eigenvalue weighted by Crippen LogP contribution is -2.09. The van der Waals surface area contributed by atoms with Gasteiger partial charge in [-0.25, -0.2) is 0 Å². The molecule has 0 fully saturated rings. The summed E-state index contributed by atoms with van der Waals surface area (Å²) in [7, 11) is 0. The molecule has 0 aromatic carbocycles. The van der Waals surface area contributed by atoms with E-state index in [1.807, 2.05) is 27.7 Å². The Hall–Kier alpha value is -0.970. The van der Waals surface area contributed by atoms with Gasteiger partial charge in [-0.15, -0.1) is 0 Å². The van der Waals surface area contributed by atoms with Crippen LogP contribution in [0.3, 0.4) is 0 Å². The van der Waals surface area contributed by atoms with Crippen molar-refractivity contribution in [3.05, 3.63) is 0 Å². The minimum atomic E-state index is -0.0383. The first kappa shape index (κ1) is 12.0. The van der Waals surface area contributed by atoms with Gasteiger partial charge in [-0.1, -0.05) is 24.9 Å². The van der Waals surface area contributed by atoms with Crippen LogP contribution < -0.4 is 0 Å². The first-order valence-corrected chi connectivity index (χ1v) is 4.65. The highest BCUT2D eigenvalue weighted by atomic mass is 16.4. The molecule has 1 N–H and O–H groups in total. The second-order valence-electron chi connectivity index (χ2n) is 4.29. The van der Waals surface area contributed by atoms with Crippen molar-refractivity contribution < 1.29 is 5.21 Å². The Bertz CT molecular complexity index is 237. The average Bonchev–Trinajstić information content (AvgIpc) is 2.03. The molecule has 0 aliphatic rings. The zero-order chi connectivity index (χ0) is 10.5. The number of oxime groups is 1. The van der Waals surface area contributed by atoms with E-state index in [4.69, 9.17) is 5.21 Å². The first-order valence-electron chi connectivity index (χ1n) is 4.65. The van der Waals surface area contributed by atoms with Gasteiger partial charge in [0.1, 0.15) is 5.71 Å². The van der Waals surface area contributed by atoms with E-state index in [-0.39, 0.29) is 11.3 Å². The maximum Gasteiger partial charge on any atom is 0.132 e. The van der Waals surface area contributed by atoms with Crippen LogP contribution in [-0.4, -0.2) is 10.9 Å². The lowest BCUT2D eigenvalue weighted by molar-refractivity contribution is 0.316. The van der Waals surface area contributed by atoms with Crippen molar-refractivity contribution in [2.45, 2.75) is 41.0 Å². The van der Waals surface area contributed by atoms with Crippen LogP contribution in [0.1, 0.15) is 41.0 Å². The number of rotatable bonds is 2. The topological polar surface area (TPSA) is 32.6 Å². The van der Waals surface area contributed by atoms with E-state index in [2.05, 4.69) is 23.9 Å². The molecule has 0 aromatic rings. The van der Waals surface area contributed by atoms with Crippen LogP contribution in [0.5, 0.6) is 0 Å². The highest BCUT2D eigenvalue weighted by Gasteiger charge is 2.08. The van der Waals surface area contributed by atoms with Crippen molar-refractivity contribution in [1.82, 2.24) is 0 Å². The molecule has 0 saturated carbocycles. The van der Waals surface area contributed by atoms with Crippen LogP contribution in [0.15, 0.2) is 5.16 Å². The predicted molar refractivity (Wildman–Crippen MR) is 55.9 cm³/mol. The summed E-state index contributed by atoms with van der Waals surface area (Å²) in [5.74, 6) is 6.19. The van der Waals surface area contributed by atoms with Gasteiger partial charge in [0, 0.05) is 11.3 Å². The molecule has 2 nitrogen and oxygen atoms in total. The van der Waals surface area contributed by atoms with Gasteiger partial charge in [0.05, 0.1) is 0 Å². The van der Waals surface area contributed by atoms with E-state index >= 15 is 0 Å². The Labute approximate surface area is 81.0 Å². The summed E-state index contributed by atoms with van der Waals surface area (Å²) < 4.78 is 0. The van der Waals surface area contributed by atoms with Crippen molar-refractivity contribution in [3.63, 3.8) is 0 Å². The second-order valence-corrected chi connectivity index (χ2v) is 4.29. The molecule has 0 heterocycles. The summed E-state index contributed by atoms with van der Waals surface area (Å²) in [4.78, 5) is 0. The van der Waals surface area contributed by atoms with E-state index in [1.54, 1.807) is 0 Å². The molecular weight excluding hydrogens is 162 g/mol. The van der Waals surface area contributed by atoms with Crippen molar-refractivity contribution in [1.29, 1.82) is 0 Å². The monoisotopic (exact) mass is 181 g/mol. The van der Waals surface area contributed by atoms with Gasteiger partial charge < -0.3 is 5.21 Å². The number of nitrogens with zero attached hydrogens (tertiary/aromatic N) is 1. The summed E-state index contributed by atoms with van der Waals surface area (Å²) in [6, 6.07) is 0. The van der Waals surface area contributed by atoms with Crippen molar-refractivity contribution >= 4 is 5.71 Å². The molecule has 0 bridgehead atoms. The molecule has 74 valence electrons. The summed E-state index contributed by atoms with van der Waals surface area (Å²) in [5.41, 5.74) is 0.543. The van der Waals surface area contributed by atoms with Gasteiger partial charge in [0.15, 0.2) is 0 Å². The Balaban J connectivity index is 4.54. The zero-order valence-electron chi connectivity index (χ0n) is 9.18. The first-order chi connectivity index (χ1) is 5.90. The van der Waals surface area contributed by atoms with Crippen LogP contribution in [0.4, 0.5) is 0 Å². The SMILES string of the molecule is CCC(C)/C(C#CC(C)(C)C)=N\O. The molecule has 1 unspecified atom stereocenters. The highest BCUT2D eigenvalue weighted by molar-refractivity contribution is 6.01. The fraction of sp³-hybridized carbons (Fsp3) is 0.727. The highest BCUT2D eigenvalue weighted by Crippen LogP contribution is 2.11. The van der Waals surface area contributed by atoms with Crippen molar-refractivity contribution in [2.24, 2.45) is 16.5 Å². The summed E-state index contributed by atoms with van der Waals surface area (Å²) in [6.07, 6.45) is 0.943. The summed E-state index contributed by atoms with van der Waals surface area (Å²) in [5, 5.41) is 11.9. The van der Waals surface area contributed by atoms with Crippen LogP contribution in [0, 0.1) is 23.2 Å². The van der Waals surface area contributed by atoms with Crippen LogP contribution >= 0.6 is 0 Å². The second kappa shape index (κ2) is 4.91. The van der Waals surface area contributed by atoms with Gasteiger partial charge in [0.25, 0.3) is 0 Å². The van der Waals surface area contributed by atoms with Crippen molar-refractivity contribution in [3.8, 4) is 11.8 Å².